The number of rotatable bonds is 5. The lowest BCUT2D eigenvalue weighted by atomic mass is 10.0. The average molecular weight is 448 g/mol. The van der Waals surface area contributed by atoms with Gasteiger partial charge in [-0.1, -0.05) is 0 Å². The molecule has 1 aliphatic heterocycles. The first-order chi connectivity index (χ1) is 13.9. The van der Waals surface area contributed by atoms with Crippen LogP contribution in [0.1, 0.15) is 42.0 Å². The Labute approximate surface area is 171 Å². The van der Waals surface area contributed by atoms with Crippen molar-refractivity contribution in [2.24, 2.45) is 0 Å². The summed E-state index contributed by atoms with van der Waals surface area (Å²) in [5.74, 6) is -1.60. The molecule has 0 aliphatic carbocycles. The van der Waals surface area contributed by atoms with Crippen LogP contribution in [0.5, 0.6) is 0 Å². The van der Waals surface area contributed by atoms with Crippen LogP contribution in [0.25, 0.3) is 5.78 Å². The molecule has 13 heteroatoms. The lowest BCUT2D eigenvalue weighted by Gasteiger charge is -2.30. The van der Waals surface area contributed by atoms with Crippen molar-refractivity contribution in [3.8, 4) is 0 Å². The first-order valence-electron chi connectivity index (χ1n) is 9.41. The normalized spacial score (nSPS) is 16.9. The van der Waals surface area contributed by atoms with Crippen molar-refractivity contribution >= 4 is 21.7 Å². The van der Waals surface area contributed by atoms with Gasteiger partial charge < -0.3 is 5.32 Å². The van der Waals surface area contributed by atoms with E-state index in [1.165, 1.54) is 4.31 Å². The number of aromatic nitrogens is 4. The molecule has 1 N–H and O–H groups in total. The minimum Gasteiger partial charge on any atom is -0.353 e. The number of amides is 1. The van der Waals surface area contributed by atoms with Crippen LogP contribution in [0, 0.1) is 13.8 Å². The Morgan fingerprint density at radius 3 is 2.40 bits per heavy atom. The summed E-state index contributed by atoms with van der Waals surface area (Å²) in [7, 11) is -3.23. The molecule has 30 heavy (non-hydrogen) atoms. The van der Waals surface area contributed by atoms with Gasteiger partial charge in [-0.2, -0.15) is 18.2 Å². The fraction of sp³-hybridized carbons (Fsp3) is 0.647. The maximum absolute atomic E-state index is 12.9. The smallest absolute Gasteiger partial charge is 0.353 e. The van der Waals surface area contributed by atoms with E-state index in [4.69, 9.17) is 0 Å². The van der Waals surface area contributed by atoms with E-state index in [-0.39, 0.29) is 30.6 Å². The van der Waals surface area contributed by atoms with E-state index in [0.717, 1.165) is 10.8 Å². The largest absolute Gasteiger partial charge is 0.453 e. The average Bonchev–Trinajstić information content (AvgIpc) is 3.06. The molecule has 0 bridgehead atoms. The van der Waals surface area contributed by atoms with Gasteiger partial charge in [-0.15, -0.1) is 5.10 Å². The van der Waals surface area contributed by atoms with Crippen molar-refractivity contribution < 1.29 is 26.4 Å². The van der Waals surface area contributed by atoms with E-state index in [9.17, 15) is 26.4 Å². The highest BCUT2D eigenvalue weighted by atomic mass is 32.2. The number of halogens is 3. The molecule has 3 heterocycles. The van der Waals surface area contributed by atoms with E-state index in [1.54, 1.807) is 13.8 Å². The summed E-state index contributed by atoms with van der Waals surface area (Å²) in [6.45, 7) is 3.99. The molecule has 0 spiro atoms. The molecule has 0 unspecified atom stereocenters. The fourth-order valence-corrected chi connectivity index (χ4v) is 4.43. The Kier molecular flexibility index (Phi) is 6.05. The molecular formula is C17H23F3N6O3S. The van der Waals surface area contributed by atoms with Crippen LogP contribution in [0.2, 0.25) is 0 Å². The number of sulfonamides is 1. The Hall–Kier alpha value is -2.28. The van der Waals surface area contributed by atoms with Gasteiger partial charge >= 0.3 is 6.18 Å². The van der Waals surface area contributed by atoms with Crippen LogP contribution < -0.4 is 5.32 Å². The summed E-state index contributed by atoms with van der Waals surface area (Å²) in [5, 5.41) is 6.39. The second-order valence-corrected chi connectivity index (χ2v) is 9.39. The molecule has 0 saturated carbocycles. The minimum absolute atomic E-state index is 0.108. The summed E-state index contributed by atoms with van der Waals surface area (Å²) in [6.07, 6.45) is -2.03. The Morgan fingerprint density at radius 2 is 1.83 bits per heavy atom. The molecule has 0 atom stereocenters. The summed E-state index contributed by atoms with van der Waals surface area (Å²) in [4.78, 5) is 19.9. The third-order valence-corrected chi connectivity index (χ3v) is 6.50. The summed E-state index contributed by atoms with van der Waals surface area (Å²) in [5.41, 5.74) is 1.59. The van der Waals surface area contributed by atoms with E-state index < -0.39 is 22.0 Å². The molecule has 0 aromatic carbocycles. The molecular weight excluding hydrogens is 425 g/mol. The first-order valence-corrected chi connectivity index (χ1v) is 11.3. The standard InChI is InChI=1S/C17H23F3N6O3S/c1-10-13(11(2)26-16(21-10)23-15(24-26)17(18,19)20)4-5-14(27)22-12-6-8-25(9-7-12)30(3,28)29/h12H,4-9H2,1-3H3,(H,22,27). The molecule has 166 valence electrons. The quantitative estimate of drug-likeness (QED) is 0.737. The number of nitrogens with zero attached hydrogens (tertiary/aromatic N) is 5. The Balaban J connectivity index is 1.63. The van der Waals surface area contributed by atoms with E-state index >= 15 is 0 Å². The molecule has 1 aliphatic rings. The SMILES string of the molecule is Cc1nc2nc(C(F)(F)F)nn2c(C)c1CCC(=O)NC1CCN(S(C)(=O)=O)CC1. The number of alkyl halides is 3. The van der Waals surface area contributed by atoms with Gasteiger partial charge in [0.25, 0.3) is 11.6 Å². The highest BCUT2D eigenvalue weighted by Gasteiger charge is 2.37. The van der Waals surface area contributed by atoms with Crippen LogP contribution in [-0.4, -0.2) is 63.6 Å². The third kappa shape index (κ3) is 4.89. The number of carbonyl (C=O) groups is 1. The van der Waals surface area contributed by atoms with Crippen molar-refractivity contribution in [3.05, 3.63) is 22.8 Å². The fourth-order valence-electron chi connectivity index (χ4n) is 3.56. The van der Waals surface area contributed by atoms with Gasteiger partial charge in [0.05, 0.1) is 6.26 Å². The molecule has 1 amide bonds. The molecule has 2 aromatic heterocycles. The van der Waals surface area contributed by atoms with Gasteiger partial charge in [0.15, 0.2) is 0 Å². The lowest BCUT2D eigenvalue weighted by molar-refractivity contribution is -0.144. The number of piperidine rings is 1. The zero-order valence-electron chi connectivity index (χ0n) is 16.8. The topological polar surface area (TPSA) is 110 Å². The van der Waals surface area contributed by atoms with Crippen LogP contribution >= 0.6 is 0 Å². The second-order valence-electron chi connectivity index (χ2n) is 7.41. The minimum atomic E-state index is -4.67. The molecule has 0 radical (unpaired) electrons. The summed E-state index contributed by atoms with van der Waals surface area (Å²) < 4.78 is 64.1. The van der Waals surface area contributed by atoms with E-state index in [1.807, 2.05) is 0 Å². The third-order valence-electron chi connectivity index (χ3n) is 5.19. The van der Waals surface area contributed by atoms with Gasteiger partial charge in [-0.3, -0.25) is 4.79 Å². The van der Waals surface area contributed by atoms with Gasteiger partial charge in [-0.25, -0.2) is 22.2 Å². The summed E-state index contributed by atoms with van der Waals surface area (Å²) in [6, 6.07) is -0.108. The van der Waals surface area contributed by atoms with Crippen LogP contribution in [-0.2, 0) is 27.4 Å². The number of hydrogen-bond donors (Lipinski definition) is 1. The molecule has 3 rings (SSSR count). The Bertz CT molecular complexity index is 1060. The number of fused-ring (bicyclic) bond motifs is 1. The number of hydrogen-bond acceptors (Lipinski definition) is 6. The van der Waals surface area contributed by atoms with Crippen LogP contribution in [0.15, 0.2) is 0 Å². The molecule has 2 aromatic rings. The van der Waals surface area contributed by atoms with Crippen molar-refractivity contribution in [2.75, 3.05) is 19.3 Å². The predicted molar refractivity (Wildman–Crippen MR) is 101 cm³/mol. The van der Waals surface area contributed by atoms with Crippen LogP contribution in [0.3, 0.4) is 0 Å². The van der Waals surface area contributed by atoms with Gasteiger partial charge in [0, 0.05) is 36.9 Å². The monoisotopic (exact) mass is 448 g/mol. The number of carbonyl (C=O) groups excluding carboxylic acids is 1. The van der Waals surface area contributed by atoms with Gasteiger partial charge in [0.2, 0.25) is 15.9 Å². The summed E-state index contributed by atoms with van der Waals surface area (Å²) >= 11 is 0. The maximum atomic E-state index is 12.9. The highest BCUT2D eigenvalue weighted by Crippen LogP contribution is 2.27. The Morgan fingerprint density at radius 1 is 1.20 bits per heavy atom. The highest BCUT2D eigenvalue weighted by molar-refractivity contribution is 7.88. The number of aryl methyl sites for hydroxylation is 2. The van der Waals surface area contributed by atoms with Gasteiger partial charge in [0.1, 0.15) is 0 Å². The zero-order valence-corrected chi connectivity index (χ0v) is 17.6. The van der Waals surface area contributed by atoms with Crippen molar-refractivity contribution in [1.29, 1.82) is 0 Å². The van der Waals surface area contributed by atoms with Crippen LogP contribution in [0.4, 0.5) is 13.2 Å². The van der Waals surface area contributed by atoms with Gasteiger partial charge in [-0.05, 0) is 38.7 Å². The van der Waals surface area contributed by atoms with Crippen molar-refractivity contribution in [2.45, 2.75) is 51.7 Å². The van der Waals surface area contributed by atoms with E-state index in [2.05, 4.69) is 20.4 Å². The van der Waals surface area contributed by atoms with Crippen molar-refractivity contribution in [3.63, 3.8) is 0 Å². The molecule has 1 saturated heterocycles. The first kappa shape index (κ1) is 22.4. The maximum Gasteiger partial charge on any atom is 0.453 e. The second kappa shape index (κ2) is 8.10. The zero-order chi connectivity index (χ0) is 22.3. The number of nitrogens with one attached hydrogen (secondary N) is 1. The molecule has 1 fully saturated rings. The molecule has 9 nitrogen and oxygen atoms in total. The van der Waals surface area contributed by atoms with E-state index in [0.29, 0.717) is 42.9 Å². The van der Waals surface area contributed by atoms with Crippen molar-refractivity contribution in [1.82, 2.24) is 29.2 Å². The predicted octanol–water partition coefficient (Wildman–Crippen LogP) is 1.23. The lowest BCUT2D eigenvalue weighted by Crippen LogP contribution is -2.46.